The Labute approximate surface area is 177 Å². The lowest BCUT2D eigenvalue weighted by atomic mass is 10.1. The van der Waals surface area contributed by atoms with Crippen molar-refractivity contribution in [2.75, 3.05) is 11.9 Å². The van der Waals surface area contributed by atoms with Gasteiger partial charge < -0.3 is 19.3 Å². The minimum atomic E-state index is -4.58. The maximum atomic E-state index is 13.2. The van der Waals surface area contributed by atoms with Gasteiger partial charge in [0.2, 0.25) is 0 Å². The lowest BCUT2D eigenvalue weighted by molar-refractivity contribution is -0.137. The molecule has 31 heavy (non-hydrogen) atoms. The monoisotopic (exact) mass is 434 g/mol. The molecule has 0 atom stereocenters. The van der Waals surface area contributed by atoms with Crippen LogP contribution in [0, 0.1) is 6.92 Å². The first kappa shape index (κ1) is 22.2. The van der Waals surface area contributed by atoms with Gasteiger partial charge in [0, 0.05) is 0 Å². The molecule has 0 spiro atoms. The summed E-state index contributed by atoms with van der Waals surface area (Å²) in [6.07, 6.45) is -4.16. The van der Waals surface area contributed by atoms with Crippen molar-refractivity contribution in [3.8, 4) is 17.2 Å². The Morgan fingerprint density at radius 3 is 2.39 bits per heavy atom. The Hall–Kier alpha value is -3.49. The van der Waals surface area contributed by atoms with Crippen molar-refractivity contribution in [3.05, 3.63) is 65.0 Å². The summed E-state index contributed by atoms with van der Waals surface area (Å²) in [5.41, 5.74) is -0.446. The first-order chi connectivity index (χ1) is 14.7. The molecular weight excluding hydrogens is 413 g/mol. The zero-order chi connectivity index (χ0) is 22.6. The molecule has 0 saturated carbocycles. The lowest BCUT2D eigenvalue weighted by Crippen LogP contribution is -2.16. The second kappa shape index (κ2) is 9.11. The smallest absolute Gasteiger partial charge is 0.416 e. The molecule has 0 fully saturated rings. The molecule has 3 rings (SSSR count). The topological polar surface area (TPSA) is 73.6 Å². The van der Waals surface area contributed by atoms with E-state index in [9.17, 15) is 18.0 Å². The van der Waals surface area contributed by atoms with E-state index < -0.39 is 17.6 Å². The SMILES string of the molecule is CCOc1ccc(Oc2ccc(C(F)(F)F)cc2NC(=O)c2c(CC)noc2C)cc1. The van der Waals surface area contributed by atoms with Gasteiger partial charge >= 0.3 is 6.18 Å². The van der Waals surface area contributed by atoms with E-state index >= 15 is 0 Å². The number of hydrogen-bond acceptors (Lipinski definition) is 5. The number of aryl methyl sites for hydroxylation is 2. The maximum Gasteiger partial charge on any atom is 0.416 e. The summed E-state index contributed by atoms with van der Waals surface area (Å²) < 4.78 is 55.9. The molecule has 2 aromatic carbocycles. The normalized spacial score (nSPS) is 11.3. The molecule has 6 nitrogen and oxygen atoms in total. The van der Waals surface area contributed by atoms with Gasteiger partial charge in [-0.2, -0.15) is 13.2 Å². The number of aromatic nitrogens is 1. The number of carbonyl (C=O) groups excluding carboxylic acids is 1. The average molecular weight is 434 g/mol. The van der Waals surface area contributed by atoms with E-state index in [2.05, 4.69) is 10.5 Å². The second-order valence-corrected chi connectivity index (χ2v) is 6.58. The molecule has 0 unspecified atom stereocenters. The number of hydrogen-bond donors (Lipinski definition) is 1. The van der Waals surface area contributed by atoms with Crippen molar-refractivity contribution in [2.45, 2.75) is 33.4 Å². The third-order valence-corrected chi connectivity index (χ3v) is 4.41. The Kier molecular flexibility index (Phi) is 6.53. The highest BCUT2D eigenvalue weighted by molar-refractivity contribution is 6.06. The third kappa shape index (κ3) is 5.17. The van der Waals surface area contributed by atoms with Crippen molar-refractivity contribution < 1.29 is 32.0 Å². The minimum Gasteiger partial charge on any atom is -0.494 e. The standard InChI is InChI=1S/C22H21F3N2O4/c1-4-17-20(13(3)31-27-17)21(28)26-18-12-14(22(23,24)25)6-11-19(18)30-16-9-7-15(8-10-16)29-5-2/h6-12H,4-5H2,1-3H3,(H,26,28). The summed E-state index contributed by atoms with van der Waals surface area (Å²) in [4.78, 5) is 12.8. The van der Waals surface area contributed by atoms with Gasteiger partial charge in [-0.3, -0.25) is 4.79 Å². The number of nitrogens with one attached hydrogen (secondary N) is 1. The van der Waals surface area contributed by atoms with Crippen molar-refractivity contribution in [1.82, 2.24) is 5.16 Å². The van der Waals surface area contributed by atoms with Gasteiger partial charge in [0.25, 0.3) is 5.91 Å². The Bertz CT molecular complexity index is 1060. The molecule has 0 bridgehead atoms. The highest BCUT2D eigenvalue weighted by Gasteiger charge is 2.32. The number of anilines is 1. The average Bonchev–Trinajstić information content (AvgIpc) is 3.10. The predicted octanol–water partition coefficient (Wildman–Crippen LogP) is 6.01. The summed E-state index contributed by atoms with van der Waals surface area (Å²) in [6, 6.07) is 9.47. The Morgan fingerprint density at radius 2 is 1.77 bits per heavy atom. The molecule has 0 saturated heterocycles. The summed E-state index contributed by atoms with van der Waals surface area (Å²) in [7, 11) is 0. The first-order valence-corrected chi connectivity index (χ1v) is 9.61. The van der Waals surface area contributed by atoms with E-state index in [4.69, 9.17) is 14.0 Å². The predicted molar refractivity (Wildman–Crippen MR) is 108 cm³/mol. The van der Waals surface area contributed by atoms with Crippen molar-refractivity contribution in [2.24, 2.45) is 0 Å². The van der Waals surface area contributed by atoms with Crippen LogP contribution in [0.25, 0.3) is 0 Å². The molecule has 164 valence electrons. The van der Waals surface area contributed by atoms with Gasteiger partial charge in [-0.25, -0.2) is 0 Å². The molecule has 1 heterocycles. The lowest BCUT2D eigenvalue weighted by Gasteiger charge is -2.15. The van der Waals surface area contributed by atoms with Gasteiger partial charge in [-0.1, -0.05) is 12.1 Å². The molecule has 1 N–H and O–H groups in total. The van der Waals surface area contributed by atoms with Gasteiger partial charge in [0.1, 0.15) is 22.8 Å². The molecule has 3 aromatic rings. The van der Waals surface area contributed by atoms with Crippen LogP contribution in [0.5, 0.6) is 17.2 Å². The van der Waals surface area contributed by atoms with E-state index in [1.165, 1.54) is 0 Å². The molecule has 0 radical (unpaired) electrons. The molecule has 9 heteroatoms. The fourth-order valence-corrected chi connectivity index (χ4v) is 2.93. The number of nitrogens with zero attached hydrogens (tertiary/aromatic N) is 1. The summed E-state index contributed by atoms with van der Waals surface area (Å²) in [5, 5.41) is 6.31. The van der Waals surface area contributed by atoms with Crippen LogP contribution >= 0.6 is 0 Å². The van der Waals surface area contributed by atoms with Gasteiger partial charge in [0.15, 0.2) is 5.75 Å². The molecule has 0 aliphatic carbocycles. The Balaban J connectivity index is 1.94. The molecule has 1 amide bonds. The highest BCUT2D eigenvalue weighted by Crippen LogP contribution is 2.37. The fourth-order valence-electron chi connectivity index (χ4n) is 2.93. The quantitative estimate of drug-likeness (QED) is 0.493. The number of benzene rings is 2. The van der Waals surface area contributed by atoms with Gasteiger partial charge in [-0.05, 0) is 62.7 Å². The van der Waals surface area contributed by atoms with Crippen LogP contribution < -0.4 is 14.8 Å². The summed E-state index contributed by atoms with van der Waals surface area (Å²) in [5.74, 6) is 0.694. The third-order valence-electron chi connectivity index (χ3n) is 4.41. The van der Waals surface area contributed by atoms with Crippen LogP contribution in [0.15, 0.2) is 47.0 Å². The van der Waals surface area contributed by atoms with Crippen molar-refractivity contribution in [1.29, 1.82) is 0 Å². The van der Waals surface area contributed by atoms with E-state index in [0.29, 0.717) is 30.2 Å². The number of amides is 1. The van der Waals surface area contributed by atoms with E-state index in [1.54, 1.807) is 38.1 Å². The van der Waals surface area contributed by atoms with E-state index in [1.807, 2.05) is 6.92 Å². The van der Waals surface area contributed by atoms with Crippen LogP contribution in [-0.2, 0) is 12.6 Å². The van der Waals surface area contributed by atoms with Crippen LogP contribution in [0.1, 0.15) is 41.2 Å². The summed E-state index contributed by atoms with van der Waals surface area (Å²) in [6.45, 7) is 5.70. The van der Waals surface area contributed by atoms with Crippen molar-refractivity contribution in [3.63, 3.8) is 0 Å². The van der Waals surface area contributed by atoms with Crippen LogP contribution in [0.3, 0.4) is 0 Å². The number of halogens is 3. The van der Waals surface area contributed by atoms with Crippen LogP contribution in [0.4, 0.5) is 18.9 Å². The maximum absolute atomic E-state index is 13.2. The number of ether oxygens (including phenoxy) is 2. The van der Waals surface area contributed by atoms with E-state index in [0.717, 1.165) is 18.2 Å². The minimum absolute atomic E-state index is 0.0534. The largest absolute Gasteiger partial charge is 0.494 e. The first-order valence-electron chi connectivity index (χ1n) is 9.61. The molecule has 0 aliphatic rings. The molecule has 1 aromatic heterocycles. The number of carbonyl (C=O) groups is 1. The molecular formula is C22H21F3N2O4. The molecule has 0 aliphatic heterocycles. The van der Waals surface area contributed by atoms with Gasteiger partial charge in [0.05, 0.1) is 23.6 Å². The Morgan fingerprint density at radius 1 is 1.10 bits per heavy atom. The summed E-state index contributed by atoms with van der Waals surface area (Å²) >= 11 is 0. The number of rotatable bonds is 7. The van der Waals surface area contributed by atoms with Crippen molar-refractivity contribution >= 4 is 11.6 Å². The van der Waals surface area contributed by atoms with Crippen LogP contribution in [0.2, 0.25) is 0 Å². The fraction of sp³-hybridized carbons (Fsp3) is 0.273. The highest BCUT2D eigenvalue weighted by atomic mass is 19.4. The second-order valence-electron chi connectivity index (χ2n) is 6.58. The van der Waals surface area contributed by atoms with Crippen LogP contribution in [-0.4, -0.2) is 17.7 Å². The van der Waals surface area contributed by atoms with Gasteiger partial charge in [-0.15, -0.1) is 0 Å². The number of alkyl halides is 3. The zero-order valence-electron chi connectivity index (χ0n) is 17.2. The zero-order valence-corrected chi connectivity index (χ0v) is 17.2. The van der Waals surface area contributed by atoms with E-state index in [-0.39, 0.29) is 22.8 Å².